The summed E-state index contributed by atoms with van der Waals surface area (Å²) in [6, 6.07) is -7.88. The largest absolute Gasteiger partial charge is 0.416 e. The third kappa shape index (κ3) is 15.2. The molecule has 0 aromatic heterocycles. The molecule has 0 radical (unpaired) electrons. The van der Waals surface area contributed by atoms with Crippen molar-refractivity contribution in [2.75, 3.05) is 18.3 Å². The number of benzene rings is 5. The maximum atomic E-state index is 14.2. The summed E-state index contributed by atoms with van der Waals surface area (Å²) in [6.07, 6.45) is -61.3. The maximum Gasteiger partial charge on any atom is 0.416 e. The van der Waals surface area contributed by atoms with Gasteiger partial charge in [-0.1, -0.05) is 48.5 Å². The minimum Gasteiger partial charge on any atom is -0.289 e. The predicted octanol–water partition coefficient (Wildman–Crippen LogP) is 15.0. The fraction of sp³-hybridized carbons (Fsp3) is 0.295. The van der Waals surface area contributed by atoms with Crippen LogP contribution < -0.4 is 21.9 Å². The molecule has 0 atom stereocenters. The van der Waals surface area contributed by atoms with Crippen LogP contribution in [-0.4, -0.2) is 30.2 Å². The van der Waals surface area contributed by atoms with Crippen LogP contribution in [0.15, 0.2) is 91.0 Å². The van der Waals surface area contributed by atoms with Crippen LogP contribution in [0.2, 0.25) is 0 Å². The number of Topliss-reactive ketones (excluding diaryl/α,β-unsaturated/α-hetero) is 1. The Bertz CT molecular complexity index is 2490. The second-order valence-corrected chi connectivity index (χ2v) is 18.8. The van der Waals surface area contributed by atoms with Crippen molar-refractivity contribution >= 4 is 44.7 Å². The lowest BCUT2D eigenvalue weighted by molar-refractivity contribution is -0.144. The second kappa shape index (κ2) is 20.7. The van der Waals surface area contributed by atoms with E-state index in [9.17, 15) is 137 Å². The van der Waals surface area contributed by atoms with Crippen LogP contribution >= 0.6 is 0 Å². The molecule has 0 fully saturated rings. The first-order valence-electron chi connectivity index (χ1n) is 19.9. The van der Waals surface area contributed by atoms with Gasteiger partial charge < -0.3 is 0 Å². The number of carbonyl (C=O) groups excluding carboxylic acids is 1. The van der Waals surface area contributed by atoms with Crippen molar-refractivity contribution in [2.45, 2.75) is 61.8 Å². The zero-order chi connectivity index (χ0) is 59.6. The molecule has 0 aliphatic heterocycles. The van der Waals surface area contributed by atoms with Crippen molar-refractivity contribution in [1.82, 2.24) is 0 Å². The summed E-state index contributed by atoms with van der Waals surface area (Å²) in [5.41, 5.74) is -33.7. The standard InChI is InChI=1S/C32H12BF24.C12H11F6OS/c34-25(35,36)13-1-14(26(37,38)39)6-21(5-13)33(22-7-15(27(40,41)42)2-16(8-22)28(43,44)45,23-9-17(29(46,47)48)3-18(10-23)30(49,50)51)24-11-19(31(52,53)54)4-20(12-24)32(55,56)57;1-20(2)6-10(19)7-3-8(11(13,14)15)5-9(4-7)12(16,17)18/h1-12H;3-5H,6H2,1-2H3/q-1;+1. The summed E-state index contributed by atoms with van der Waals surface area (Å²) in [5, 5.41) is 0. The van der Waals surface area contributed by atoms with Crippen LogP contribution in [0.4, 0.5) is 132 Å². The second-order valence-electron chi connectivity index (χ2n) is 16.6. The Kier molecular flexibility index (Phi) is 17.1. The SMILES string of the molecule is C[S+](C)CC(=O)c1cc(C(F)(F)F)cc(C(F)(F)F)c1.FC(F)(F)c1cc([B-](c2cc(C(F)(F)F)cc(C(F)(F)F)c2)(c2cc(C(F)(F)F)cc(C(F)(F)F)c2)c2cc(C(F)(F)F)cc(C(F)(F)F)c2)cc(C(F)(F)F)c1. The quantitative estimate of drug-likeness (QED) is 0.0687. The van der Waals surface area contributed by atoms with Gasteiger partial charge in [-0.25, -0.2) is 0 Å². The van der Waals surface area contributed by atoms with Crippen LogP contribution in [0, 0.1) is 0 Å². The van der Waals surface area contributed by atoms with E-state index in [-0.39, 0.29) is 11.8 Å². The van der Waals surface area contributed by atoms with Gasteiger partial charge >= 0.3 is 61.8 Å². The number of alkyl halides is 30. The van der Waals surface area contributed by atoms with E-state index in [1.807, 2.05) is 0 Å². The molecule has 0 N–H and O–H groups in total. The average molecular weight is 1180 g/mol. The van der Waals surface area contributed by atoms with Crippen molar-refractivity contribution in [3.8, 4) is 0 Å². The highest BCUT2D eigenvalue weighted by Gasteiger charge is 2.47. The summed E-state index contributed by atoms with van der Waals surface area (Å²) in [4.78, 5) is 11.7. The summed E-state index contributed by atoms with van der Waals surface area (Å²) >= 11 is 0. The summed E-state index contributed by atoms with van der Waals surface area (Å²) in [7, 11) is -0.414. The minimum atomic E-state index is -6.13. The van der Waals surface area contributed by atoms with Crippen molar-refractivity contribution in [2.24, 2.45) is 0 Å². The number of hydrogen-bond acceptors (Lipinski definition) is 1. The Morgan fingerprint density at radius 1 is 0.286 bits per heavy atom. The summed E-state index contributed by atoms with van der Waals surface area (Å²) in [6.45, 7) is 0. The molecule has 33 heteroatoms. The zero-order valence-electron chi connectivity index (χ0n) is 37.1. The fourth-order valence-corrected chi connectivity index (χ4v) is 8.22. The molecule has 5 aromatic rings. The van der Waals surface area contributed by atoms with Gasteiger partial charge in [0, 0.05) is 5.56 Å². The molecule has 0 aliphatic rings. The highest BCUT2D eigenvalue weighted by molar-refractivity contribution is 7.96. The van der Waals surface area contributed by atoms with Gasteiger partial charge in [-0.3, -0.25) is 4.79 Å². The van der Waals surface area contributed by atoms with Crippen LogP contribution in [0.25, 0.3) is 0 Å². The number of ketones is 1. The lowest BCUT2D eigenvalue weighted by Crippen LogP contribution is -2.75. The molecule has 0 saturated heterocycles. The van der Waals surface area contributed by atoms with E-state index in [0.717, 1.165) is 0 Å². The van der Waals surface area contributed by atoms with E-state index in [2.05, 4.69) is 0 Å². The zero-order valence-corrected chi connectivity index (χ0v) is 37.9. The van der Waals surface area contributed by atoms with Gasteiger partial charge in [-0.15, -0.1) is 0 Å². The van der Waals surface area contributed by atoms with Crippen molar-refractivity contribution in [3.63, 3.8) is 0 Å². The van der Waals surface area contributed by atoms with Crippen LogP contribution in [-0.2, 0) is 72.7 Å². The van der Waals surface area contributed by atoms with Gasteiger partial charge in [-0.2, -0.15) is 154 Å². The highest BCUT2D eigenvalue weighted by atomic mass is 32.2. The van der Waals surface area contributed by atoms with Gasteiger partial charge in [0.15, 0.2) is 5.75 Å². The molecule has 0 amide bonds. The van der Waals surface area contributed by atoms with E-state index in [0.29, 0.717) is 12.1 Å². The molecule has 0 aliphatic carbocycles. The van der Waals surface area contributed by atoms with Gasteiger partial charge in [0.2, 0.25) is 5.78 Å². The normalized spacial score (nSPS) is 13.9. The lowest BCUT2D eigenvalue weighted by Gasteiger charge is -2.46. The summed E-state index contributed by atoms with van der Waals surface area (Å²) in [5.74, 6) is -0.812. The molecule has 0 bridgehead atoms. The van der Waals surface area contributed by atoms with E-state index in [4.69, 9.17) is 0 Å². The van der Waals surface area contributed by atoms with Crippen molar-refractivity contribution < 1.29 is 137 Å². The molecule has 5 rings (SSSR count). The topological polar surface area (TPSA) is 17.1 Å². The fourth-order valence-electron chi connectivity index (χ4n) is 7.53. The molecule has 0 spiro atoms. The number of rotatable bonds is 7. The molecular formula is C44H23BF30OS. The first-order valence-corrected chi connectivity index (χ1v) is 22.1. The molecule has 424 valence electrons. The van der Waals surface area contributed by atoms with E-state index >= 15 is 0 Å². The Morgan fingerprint density at radius 3 is 0.558 bits per heavy atom. The van der Waals surface area contributed by atoms with Crippen LogP contribution in [0.1, 0.15) is 66.0 Å². The first kappa shape index (κ1) is 63.6. The van der Waals surface area contributed by atoms with Gasteiger partial charge in [-0.05, 0) is 53.4 Å². The van der Waals surface area contributed by atoms with Gasteiger partial charge in [0.05, 0.1) is 68.1 Å². The molecule has 77 heavy (non-hydrogen) atoms. The molecule has 0 heterocycles. The van der Waals surface area contributed by atoms with E-state index in [1.165, 1.54) is 0 Å². The van der Waals surface area contributed by atoms with Crippen molar-refractivity contribution in [1.29, 1.82) is 0 Å². The van der Waals surface area contributed by atoms with Gasteiger partial charge in [0.1, 0.15) is 6.15 Å². The Balaban J connectivity index is 0.000000536. The molecule has 0 unspecified atom stereocenters. The molecule has 5 aromatic carbocycles. The van der Waals surface area contributed by atoms with Crippen molar-refractivity contribution in [3.05, 3.63) is 152 Å². The molecular weight excluding hydrogens is 1160 g/mol. The number of halogens is 30. The molecule has 1 nitrogen and oxygen atoms in total. The highest BCUT2D eigenvalue weighted by Crippen LogP contribution is 2.42. The van der Waals surface area contributed by atoms with E-state index in [1.54, 1.807) is 12.5 Å². The minimum absolute atomic E-state index is 0.00837. The number of carbonyl (C=O) groups is 1. The lowest BCUT2D eigenvalue weighted by atomic mass is 9.12. The monoisotopic (exact) mass is 1180 g/mol. The van der Waals surface area contributed by atoms with Crippen LogP contribution in [0.5, 0.6) is 0 Å². The Labute approximate surface area is 413 Å². The number of hydrogen-bond donors (Lipinski definition) is 0. The predicted molar refractivity (Wildman–Crippen MR) is 215 cm³/mol. The Morgan fingerprint density at radius 2 is 0.429 bits per heavy atom. The average Bonchev–Trinajstić information content (AvgIpc) is 3.23. The van der Waals surface area contributed by atoms with Crippen LogP contribution in [0.3, 0.4) is 0 Å². The first-order chi connectivity index (χ1) is 34.2. The van der Waals surface area contributed by atoms with Gasteiger partial charge in [0.25, 0.3) is 0 Å². The molecule has 0 saturated carbocycles. The Hall–Kier alpha value is -5.92. The third-order valence-corrected chi connectivity index (χ3v) is 11.6. The summed E-state index contributed by atoms with van der Waals surface area (Å²) < 4.78 is 416. The third-order valence-electron chi connectivity index (χ3n) is 10.8. The maximum absolute atomic E-state index is 14.2. The smallest absolute Gasteiger partial charge is 0.289 e. The van der Waals surface area contributed by atoms with E-state index < -0.39 is 240 Å².